The molecule has 1 atom stereocenters. The minimum atomic E-state index is -0.282. The summed E-state index contributed by atoms with van der Waals surface area (Å²) in [6.45, 7) is 0.678. The van der Waals surface area contributed by atoms with Crippen LogP contribution in [0.3, 0.4) is 0 Å². The Kier molecular flexibility index (Phi) is 20.6. The van der Waals surface area contributed by atoms with Crippen LogP contribution >= 0.6 is 0 Å². The van der Waals surface area contributed by atoms with Gasteiger partial charge in [-0.3, -0.25) is 9.59 Å². The molecule has 0 aromatic heterocycles. The Morgan fingerprint density at radius 1 is 0.655 bits per heavy atom. The highest BCUT2D eigenvalue weighted by Crippen LogP contribution is 2.11. The van der Waals surface area contributed by atoms with Crippen molar-refractivity contribution in [3.05, 3.63) is 12.2 Å². The molecular formula is C24H47N3O2. The number of nitrogens with two attached hydrogens (primary N) is 3. The van der Waals surface area contributed by atoms with E-state index in [0.717, 1.165) is 51.4 Å². The van der Waals surface area contributed by atoms with Crippen LogP contribution in [-0.4, -0.2) is 24.3 Å². The van der Waals surface area contributed by atoms with Crippen molar-refractivity contribution >= 4 is 11.7 Å². The summed E-state index contributed by atoms with van der Waals surface area (Å²) in [5, 5.41) is 0. The Morgan fingerprint density at radius 2 is 1.14 bits per heavy atom. The summed E-state index contributed by atoms with van der Waals surface area (Å²) in [4.78, 5) is 22.6. The molecule has 29 heavy (non-hydrogen) atoms. The molecule has 170 valence electrons. The van der Waals surface area contributed by atoms with Crippen molar-refractivity contribution in [2.75, 3.05) is 6.54 Å². The summed E-state index contributed by atoms with van der Waals surface area (Å²) in [7, 11) is 0. The zero-order valence-corrected chi connectivity index (χ0v) is 18.7. The van der Waals surface area contributed by atoms with Crippen LogP contribution in [0.1, 0.15) is 116 Å². The Bertz CT molecular complexity index is 424. The SMILES string of the molecule is NCCCC[C@H](N)C(=O)CCCCCCCC/C=C\CCCCCCCC(N)=O. The van der Waals surface area contributed by atoms with Crippen LogP contribution in [-0.2, 0) is 9.59 Å². The van der Waals surface area contributed by atoms with Crippen LogP contribution in [0.5, 0.6) is 0 Å². The quantitative estimate of drug-likeness (QED) is 0.174. The molecule has 1 amide bonds. The van der Waals surface area contributed by atoms with Crippen LogP contribution in [0, 0.1) is 0 Å². The van der Waals surface area contributed by atoms with E-state index in [0.29, 0.717) is 19.4 Å². The molecule has 0 spiro atoms. The number of primary amides is 1. The first-order chi connectivity index (χ1) is 14.1. The molecule has 6 N–H and O–H groups in total. The topological polar surface area (TPSA) is 112 Å². The molecule has 0 unspecified atom stereocenters. The van der Waals surface area contributed by atoms with E-state index in [-0.39, 0.29) is 17.7 Å². The molecule has 0 radical (unpaired) electrons. The lowest BCUT2D eigenvalue weighted by molar-refractivity contribution is -0.120. The number of allylic oxidation sites excluding steroid dienone is 2. The second-order valence-electron chi connectivity index (χ2n) is 8.26. The van der Waals surface area contributed by atoms with E-state index in [9.17, 15) is 9.59 Å². The van der Waals surface area contributed by atoms with Crippen molar-refractivity contribution in [1.29, 1.82) is 0 Å². The number of amides is 1. The summed E-state index contributed by atoms with van der Waals surface area (Å²) in [5.74, 6) is 0.0373. The Hall–Kier alpha value is -1.20. The van der Waals surface area contributed by atoms with E-state index in [1.54, 1.807) is 0 Å². The lowest BCUT2D eigenvalue weighted by Crippen LogP contribution is -2.30. The minimum absolute atomic E-state index is 0.183. The zero-order chi connectivity index (χ0) is 21.6. The third kappa shape index (κ3) is 21.3. The summed E-state index contributed by atoms with van der Waals surface area (Å²) in [6, 6.07) is -0.282. The van der Waals surface area contributed by atoms with E-state index >= 15 is 0 Å². The van der Waals surface area contributed by atoms with Crippen molar-refractivity contribution in [2.24, 2.45) is 17.2 Å². The van der Waals surface area contributed by atoms with Crippen molar-refractivity contribution < 1.29 is 9.59 Å². The van der Waals surface area contributed by atoms with E-state index < -0.39 is 0 Å². The molecule has 0 aromatic carbocycles. The normalized spacial score (nSPS) is 12.5. The van der Waals surface area contributed by atoms with Crippen molar-refractivity contribution in [1.82, 2.24) is 0 Å². The van der Waals surface area contributed by atoms with Gasteiger partial charge in [0.25, 0.3) is 0 Å². The van der Waals surface area contributed by atoms with Gasteiger partial charge in [-0.25, -0.2) is 0 Å². The molecule has 0 bridgehead atoms. The molecule has 0 fully saturated rings. The molecule has 0 saturated heterocycles. The van der Waals surface area contributed by atoms with Gasteiger partial charge in [0.05, 0.1) is 6.04 Å². The predicted molar refractivity (Wildman–Crippen MR) is 123 cm³/mol. The summed E-state index contributed by atoms with van der Waals surface area (Å²) >= 11 is 0. The van der Waals surface area contributed by atoms with Gasteiger partial charge in [-0.05, 0) is 57.9 Å². The molecule has 5 heteroatoms. The first-order valence-corrected chi connectivity index (χ1v) is 12.0. The molecule has 0 rings (SSSR count). The molecule has 0 aromatic rings. The molecule has 0 heterocycles. The van der Waals surface area contributed by atoms with E-state index in [1.807, 2.05) is 0 Å². The van der Waals surface area contributed by atoms with Crippen LogP contribution < -0.4 is 17.2 Å². The number of hydrogen-bond acceptors (Lipinski definition) is 4. The summed E-state index contributed by atoms with van der Waals surface area (Å²) in [6.07, 6.45) is 23.7. The highest BCUT2D eigenvalue weighted by molar-refractivity contribution is 5.83. The maximum Gasteiger partial charge on any atom is 0.217 e. The fourth-order valence-corrected chi connectivity index (χ4v) is 3.45. The number of carbonyl (C=O) groups excluding carboxylic acids is 2. The molecule has 5 nitrogen and oxygen atoms in total. The Labute approximate surface area is 179 Å². The van der Waals surface area contributed by atoms with E-state index in [2.05, 4.69) is 12.2 Å². The van der Waals surface area contributed by atoms with Crippen molar-refractivity contribution in [2.45, 2.75) is 122 Å². The fourth-order valence-electron chi connectivity index (χ4n) is 3.45. The number of hydrogen-bond donors (Lipinski definition) is 3. The van der Waals surface area contributed by atoms with Gasteiger partial charge >= 0.3 is 0 Å². The third-order valence-corrected chi connectivity index (χ3v) is 5.39. The van der Waals surface area contributed by atoms with Gasteiger partial charge < -0.3 is 17.2 Å². The van der Waals surface area contributed by atoms with E-state index in [1.165, 1.54) is 51.4 Å². The first-order valence-electron chi connectivity index (χ1n) is 12.0. The molecule has 0 aliphatic heterocycles. The van der Waals surface area contributed by atoms with Crippen molar-refractivity contribution in [3.63, 3.8) is 0 Å². The van der Waals surface area contributed by atoms with Gasteiger partial charge in [0.1, 0.15) is 5.78 Å². The average molecular weight is 410 g/mol. The standard InChI is InChI=1S/C24H47N3O2/c25-21-17-16-18-22(26)23(28)19-14-12-10-8-6-4-2-1-3-5-7-9-11-13-15-20-24(27)29/h1,3,22H,2,4-21,25-26H2,(H2,27,29)/b3-1-/t22-/m0/s1. The van der Waals surface area contributed by atoms with Crippen LogP contribution in [0.4, 0.5) is 0 Å². The Balaban J connectivity index is 3.29. The summed E-state index contributed by atoms with van der Waals surface area (Å²) in [5.41, 5.74) is 16.5. The van der Waals surface area contributed by atoms with Crippen LogP contribution in [0.25, 0.3) is 0 Å². The number of ketones is 1. The predicted octanol–water partition coefficient (Wildman–Crippen LogP) is 4.90. The van der Waals surface area contributed by atoms with E-state index in [4.69, 9.17) is 17.2 Å². The minimum Gasteiger partial charge on any atom is -0.370 e. The smallest absolute Gasteiger partial charge is 0.217 e. The molecule has 0 aliphatic carbocycles. The number of carbonyl (C=O) groups is 2. The van der Waals surface area contributed by atoms with Gasteiger partial charge in [0.15, 0.2) is 0 Å². The Morgan fingerprint density at radius 3 is 1.66 bits per heavy atom. The third-order valence-electron chi connectivity index (χ3n) is 5.39. The van der Waals surface area contributed by atoms with Gasteiger partial charge in [0, 0.05) is 12.8 Å². The highest BCUT2D eigenvalue weighted by Gasteiger charge is 2.11. The van der Waals surface area contributed by atoms with Crippen LogP contribution in [0.15, 0.2) is 12.2 Å². The number of unbranched alkanes of at least 4 members (excludes halogenated alkanes) is 12. The molecule has 0 saturated carbocycles. The lowest BCUT2D eigenvalue weighted by atomic mass is 10.0. The van der Waals surface area contributed by atoms with Gasteiger partial charge in [0.2, 0.25) is 5.91 Å². The van der Waals surface area contributed by atoms with Gasteiger partial charge in [-0.15, -0.1) is 0 Å². The average Bonchev–Trinajstić information content (AvgIpc) is 2.69. The second kappa shape index (κ2) is 21.5. The maximum absolute atomic E-state index is 11.9. The zero-order valence-electron chi connectivity index (χ0n) is 18.7. The maximum atomic E-state index is 11.9. The lowest BCUT2D eigenvalue weighted by Gasteiger charge is -2.09. The highest BCUT2D eigenvalue weighted by atomic mass is 16.1. The fraction of sp³-hybridized carbons (Fsp3) is 0.833. The van der Waals surface area contributed by atoms with Gasteiger partial charge in [-0.1, -0.05) is 63.5 Å². The molecule has 0 aliphatic rings. The number of rotatable bonds is 22. The van der Waals surface area contributed by atoms with Gasteiger partial charge in [-0.2, -0.15) is 0 Å². The van der Waals surface area contributed by atoms with Crippen molar-refractivity contribution in [3.8, 4) is 0 Å². The largest absolute Gasteiger partial charge is 0.370 e. The van der Waals surface area contributed by atoms with Crippen LogP contribution in [0.2, 0.25) is 0 Å². The second-order valence-corrected chi connectivity index (χ2v) is 8.26. The first kappa shape index (κ1) is 27.8. The molecular weight excluding hydrogens is 362 g/mol. The summed E-state index contributed by atoms with van der Waals surface area (Å²) < 4.78 is 0. The number of Topliss-reactive ketones (excluding diaryl/α,β-unsaturated/α-hetero) is 1. The monoisotopic (exact) mass is 409 g/mol.